The van der Waals surface area contributed by atoms with Gasteiger partial charge in [-0.05, 0) is 24.6 Å². The van der Waals surface area contributed by atoms with E-state index in [1.807, 2.05) is 55.5 Å². The zero-order chi connectivity index (χ0) is 16.5. The van der Waals surface area contributed by atoms with E-state index in [0.29, 0.717) is 17.9 Å². The van der Waals surface area contributed by atoms with Crippen LogP contribution in [-0.2, 0) is 13.2 Å². The van der Waals surface area contributed by atoms with E-state index in [1.54, 1.807) is 0 Å². The Morgan fingerprint density at radius 2 is 2.04 bits per heavy atom. The fourth-order valence-corrected chi connectivity index (χ4v) is 2.79. The molecule has 2 aromatic carbocycles. The summed E-state index contributed by atoms with van der Waals surface area (Å²) in [4.78, 5) is 12.4. The second-order valence-corrected chi connectivity index (χ2v) is 5.80. The van der Waals surface area contributed by atoms with Crippen molar-refractivity contribution in [2.45, 2.75) is 20.1 Å². The fourth-order valence-electron chi connectivity index (χ4n) is 2.79. The molecule has 5 heteroatoms. The van der Waals surface area contributed by atoms with Crippen LogP contribution in [-0.4, -0.2) is 11.1 Å². The number of hydrogen-bond donors (Lipinski definition) is 1. The third-order valence-corrected chi connectivity index (χ3v) is 4.05. The third kappa shape index (κ3) is 2.54. The molecule has 1 N–H and O–H groups in total. The van der Waals surface area contributed by atoms with Gasteiger partial charge in [0.2, 0.25) is 0 Å². The van der Waals surface area contributed by atoms with Crippen molar-refractivity contribution in [1.82, 2.24) is 10.5 Å². The molecular weight excluding hydrogens is 304 g/mol. The molecule has 4 rings (SSSR count). The van der Waals surface area contributed by atoms with Crippen molar-refractivity contribution in [3.05, 3.63) is 70.9 Å². The number of hydrogen-bond acceptors (Lipinski definition) is 4. The standard InChI is InChI=1S/C19H16N2O3/c1-12-7-8-16-14(9-12)18-15(11-23-16)17(21-24-18)19(22)20-10-13-5-3-2-4-6-13/h2-9H,10-11H2,1H3,(H,20,22). The van der Waals surface area contributed by atoms with Gasteiger partial charge in [0, 0.05) is 6.54 Å². The first-order chi connectivity index (χ1) is 11.7. The Morgan fingerprint density at radius 3 is 2.88 bits per heavy atom. The van der Waals surface area contributed by atoms with E-state index < -0.39 is 0 Å². The zero-order valence-corrected chi connectivity index (χ0v) is 13.2. The van der Waals surface area contributed by atoms with Gasteiger partial charge in [-0.25, -0.2) is 0 Å². The van der Waals surface area contributed by atoms with Gasteiger partial charge in [0.05, 0.1) is 11.1 Å². The number of aryl methyl sites for hydroxylation is 1. The Morgan fingerprint density at radius 1 is 1.21 bits per heavy atom. The van der Waals surface area contributed by atoms with Gasteiger partial charge >= 0.3 is 0 Å². The van der Waals surface area contributed by atoms with Crippen molar-refractivity contribution < 1.29 is 14.1 Å². The van der Waals surface area contributed by atoms with Crippen LogP contribution in [0.2, 0.25) is 0 Å². The summed E-state index contributed by atoms with van der Waals surface area (Å²) in [5, 5.41) is 6.84. The Bertz CT molecular complexity index is 900. The molecule has 0 bridgehead atoms. The van der Waals surface area contributed by atoms with Crippen LogP contribution in [0.4, 0.5) is 0 Å². The minimum absolute atomic E-state index is 0.261. The number of carbonyl (C=O) groups excluding carboxylic acids is 1. The largest absolute Gasteiger partial charge is 0.488 e. The number of rotatable bonds is 3. The molecular formula is C19H16N2O3. The number of aromatic nitrogens is 1. The van der Waals surface area contributed by atoms with E-state index in [2.05, 4.69) is 10.5 Å². The topological polar surface area (TPSA) is 64.4 Å². The first-order valence-corrected chi connectivity index (χ1v) is 7.77. The van der Waals surface area contributed by atoms with Crippen LogP contribution in [0, 0.1) is 6.92 Å². The Balaban J connectivity index is 1.59. The Kier molecular flexibility index (Phi) is 3.54. The number of carbonyl (C=O) groups is 1. The first kappa shape index (κ1) is 14.5. The molecule has 1 aliphatic rings. The van der Waals surface area contributed by atoms with Crippen LogP contribution in [0.1, 0.15) is 27.2 Å². The number of benzene rings is 2. The minimum Gasteiger partial charge on any atom is -0.488 e. The summed E-state index contributed by atoms with van der Waals surface area (Å²) in [6.45, 7) is 2.72. The van der Waals surface area contributed by atoms with Crippen LogP contribution in [0.15, 0.2) is 53.1 Å². The highest BCUT2D eigenvalue weighted by Gasteiger charge is 2.28. The molecule has 2 heterocycles. The van der Waals surface area contributed by atoms with Crippen LogP contribution in [0.5, 0.6) is 5.75 Å². The van der Waals surface area contributed by atoms with Gasteiger partial charge in [0.15, 0.2) is 11.5 Å². The monoisotopic (exact) mass is 320 g/mol. The summed E-state index contributed by atoms with van der Waals surface area (Å²) in [6.07, 6.45) is 0. The van der Waals surface area contributed by atoms with Crippen molar-refractivity contribution >= 4 is 5.91 Å². The van der Waals surface area contributed by atoms with Gasteiger partial charge in [0.1, 0.15) is 12.4 Å². The number of nitrogens with zero attached hydrogens (tertiary/aromatic N) is 1. The lowest BCUT2D eigenvalue weighted by Crippen LogP contribution is -2.24. The molecule has 0 saturated heterocycles. The number of nitrogens with one attached hydrogen (secondary N) is 1. The lowest BCUT2D eigenvalue weighted by Gasteiger charge is -2.16. The predicted octanol–water partition coefficient (Wildman–Crippen LogP) is 3.47. The van der Waals surface area contributed by atoms with E-state index in [0.717, 1.165) is 22.4 Å². The van der Waals surface area contributed by atoms with Crippen molar-refractivity contribution in [2.24, 2.45) is 0 Å². The van der Waals surface area contributed by atoms with Gasteiger partial charge < -0.3 is 14.6 Å². The van der Waals surface area contributed by atoms with Gasteiger partial charge in [-0.1, -0.05) is 47.1 Å². The number of amides is 1. The molecule has 3 aromatic rings. The summed E-state index contributed by atoms with van der Waals surface area (Å²) in [5.74, 6) is 1.11. The smallest absolute Gasteiger partial charge is 0.274 e. The Labute approximate surface area is 139 Å². The molecule has 0 unspecified atom stereocenters. The van der Waals surface area contributed by atoms with Crippen molar-refractivity contribution in [3.63, 3.8) is 0 Å². The number of ether oxygens (including phenoxy) is 1. The van der Waals surface area contributed by atoms with Crippen molar-refractivity contribution in [1.29, 1.82) is 0 Å². The predicted molar refractivity (Wildman–Crippen MR) is 88.6 cm³/mol. The average Bonchev–Trinajstić information content (AvgIpc) is 3.05. The van der Waals surface area contributed by atoms with E-state index in [1.165, 1.54) is 0 Å². The summed E-state index contributed by atoms with van der Waals surface area (Å²) < 4.78 is 11.2. The molecule has 1 amide bonds. The highest BCUT2D eigenvalue weighted by atomic mass is 16.5. The molecule has 0 aliphatic carbocycles. The van der Waals surface area contributed by atoms with Gasteiger partial charge in [-0.3, -0.25) is 4.79 Å². The van der Waals surface area contributed by atoms with Crippen LogP contribution >= 0.6 is 0 Å². The third-order valence-electron chi connectivity index (χ3n) is 4.05. The minimum atomic E-state index is -0.261. The molecule has 5 nitrogen and oxygen atoms in total. The molecule has 0 saturated carbocycles. The molecule has 24 heavy (non-hydrogen) atoms. The number of fused-ring (bicyclic) bond motifs is 3. The maximum Gasteiger partial charge on any atom is 0.274 e. The second-order valence-electron chi connectivity index (χ2n) is 5.80. The lowest BCUT2D eigenvalue weighted by molar-refractivity contribution is 0.0940. The lowest BCUT2D eigenvalue weighted by atomic mass is 10.0. The fraction of sp³-hybridized carbons (Fsp3) is 0.158. The highest BCUT2D eigenvalue weighted by molar-refractivity contribution is 5.95. The zero-order valence-electron chi connectivity index (χ0n) is 13.2. The van der Waals surface area contributed by atoms with E-state index in [4.69, 9.17) is 9.26 Å². The molecule has 1 aromatic heterocycles. The summed E-state index contributed by atoms with van der Waals surface area (Å²) in [5.41, 5.74) is 3.94. The van der Waals surface area contributed by atoms with Crippen LogP contribution in [0.3, 0.4) is 0 Å². The van der Waals surface area contributed by atoms with Crippen molar-refractivity contribution in [2.75, 3.05) is 0 Å². The molecule has 120 valence electrons. The van der Waals surface area contributed by atoms with Gasteiger partial charge in [0.25, 0.3) is 5.91 Å². The maximum atomic E-state index is 12.4. The van der Waals surface area contributed by atoms with Crippen LogP contribution < -0.4 is 10.1 Å². The second kappa shape index (κ2) is 5.85. The maximum absolute atomic E-state index is 12.4. The summed E-state index contributed by atoms with van der Waals surface area (Å²) in [7, 11) is 0. The summed E-state index contributed by atoms with van der Waals surface area (Å²) >= 11 is 0. The first-order valence-electron chi connectivity index (χ1n) is 7.77. The Hall–Kier alpha value is -3.08. The van der Waals surface area contributed by atoms with E-state index in [9.17, 15) is 4.79 Å². The molecule has 1 aliphatic heterocycles. The van der Waals surface area contributed by atoms with E-state index >= 15 is 0 Å². The van der Waals surface area contributed by atoms with Crippen LogP contribution in [0.25, 0.3) is 11.3 Å². The molecule has 0 radical (unpaired) electrons. The molecule has 0 fully saturated rings. The quantitative estimate of drug-likeness (QED) is 0.802. The normalized spacial score (nSPS) is 12.0. The molecule has 0 spiro atoms. The SMILES string of the molecule is Cc1ccc2c(c1)-c1onc(C(=O)NCc3ccccc3)c1CO2. The highest BCUT2D eigenvalue weighted by Crippen LogP contribution is 2.39. The van der Waals surface area contributed by atoms with Crippen molar-refractivity contribution in [3.8, 4) is 17.1 Å². The average molecular weight is 320 g/mol. The van der Waals surface area contributed by atoms with Gasteiger partial charge in [-0.15, -0.1) is 0 Å². The van der Waals surface area contributed by atoms with E-state index in [-0.39, 0.29) is 18.2 Å². The summed E-state index contributed by atoms with van der Waals surface area (Å²) in [6, 6.07) is 15.6. The van der Waals surface area contributed by atoms with Gasteiger partial charge in [-0.2, -0.15) is 0 Å². The molecule has 0 atom stereocenters.